The standard InChI is InChI=1S/C21H19N2O5S.BrH/c1-15-20(29-14-22(15)13-19(24)16-6-3-2-4-7-16)10-11-28-21(25)17-8-5-9-18(12-17)23(26)27;/h2-9,12,14H,10-11,13H2,1H3;1H/q+1;/p-1. The highest BCUT2D eigenvalue weighted by Gasteiger charge is 2.20. The second-order valence-corrected chi connectivity index (χ2v) is 7.28. The van der Waals surface area contributed by atoms with Crippen LogP contribution in [0.25, 0.3) is 0 Å². The number of carbonyl (C=O) groups excluding carboxylic acids is 2. The van der Waals surface area contributed by atoms with Crippen molar-refractivity contribution < 1.29 is 40.8 Å². The SMILES string of the molecule is Cc1c(CCOC(=O)c2cccc([N+](=O)[O-])c2)sc[n+]1CC(=O)c1ccccc1.[Br-]. The van der Waals surface area contributed by atoms with Crippen molar-refractivity contribution in [3.05, 3.63) is 91.9 Å². The first-order valence-corrected chi connectivity index (χ1v) is 9.80. The number of benzene rings is 2. The number of Topliss-reactive ketones (excluding diaryl/α,β-unsaturated/α-hetero) is 1. The Labute approximate surface area is 187 Å². The zero-order valence-corrected chi connectivity index (χ0v) is 18.5. The van der Waals surface area contributed by atoms with Crippen molar-refractivity contribution >= 4 is 28.8 Å². The van der Waals surface area contributed by atoms with Gasteiger partial charge in [-0.2, -0.15) is 4.57 Å². The third kappa shape index (κ3) is 5.80. The Bertz CT molecular complexity index is 1050. The van der Waals surface area contributed by atoms with Crippen LogP contribution in [0.2, 0.25) is 0 Å². The van der Waals surface area contributed by atoms with Gasteiger partial charge in [0.05, 0.1) is 22.0 Å². The number of nitro benzene ring substituents is 1. The Kier molecular flexibility index (Phi) is 8.37. The van der Waals surface area contributed by atoms with Gasteiger partial charge in [-0.3, -0.25) is 14.9 Å². The van der Waals surface area contributed by atoms with Crippen molar-refractivity contribution in [2.45, 2.75) is 19.9 Å². The Balaban J connectivity index is 0.00000320. The van der Waals surface area contributed by atoms with Gasteiger partial charge in [0.2, 0.25) is 17.8 Å². The lowest BCUT2D eigenvalue weighted by Gasteiger charge is -2.04. The molecular weight excluding hydrogens is 472 g/mol. The monoisotopic (exact) mass is 490 g/mol. The van der Waals surface area contributed by atoms with Gasteiger partial charge in [0.15, 0.2) is 5.69 Å². The second kappa shape index (κ2) is 10.7. The third-order valence-electron chi connectivity index (χ3n) is 4.42. The average molecular weight is 491 g/mol. The van der Waals surface area contributed by atoms with Crippen LogP contribution in [0.4, 0.5) is 5.69 Å². The van der Waals surface area contributed by atoms with E-state index >= 15 is 0 Å². The maximum atomic E-state index is 12.4. The van der Waals surface area contributed by atoms with Crippen LogP contribution in [-0.2, 0) is 17.7 Å². The molecule has 156 valence electrons. The van der Waals surface area contributed by atoms with Gasteiger partial charge < -0.3 is 21.7 Å². The first kappa shape index (κ1) is 23.4. The third-order valence-corrected chi connectivity index (χ3v) is 5.57. The van der Waals surface area contributed by atoms with E-state index in [1.54, 1.807) is 12.1 Å². The van der Waals surface area contributed by atoms with Crippen LogP contribution >= 0.6 is 11.3 Å². The number of carbonyl (C=O) groups is 2. The van der Waals surface area contributed by atoms with Crippen molar-refractivity contribution in [3.63, 3.8) is 0 Å². The van der Waals surface area contributed by atoms with Crippen molar-refractivity contribution in [3.8, 4) is 0 Å². The maximum absolute atomic E-state index is 12.4. The number of halogens is 1. The summed E-state index contributed by atoms with van der Waals surface area (Å²) in [5, 5.41) is 10.8. The Morgan fingerprint density at radius 3 is 2.50 bits per heavy atom. The molecule has 1 heterocycles. The molecule has 9 heteroatoms. The number of hydrogen-bond acceptors (Lipinski definition) is 6. The predicted octanol–water partition coefficient (Wildman–Crippen LogP) is 0.539. The van der Waals surface area contributed by atoms with Crippen LogP contribution in [0.1, 0.15) is 31.3 Å². The molecule has 0 spiro atoms. The quantitative estimate of drug-likeness (QED) is 0.151. The minimum atomic E-state index is -0.602. The van der Waals surface area contributed by atoms with Crippen LogP contribution in [0.5, 0.6) is 0 Å². The number of nitro groups is 1. The predicted molar refractivity (Wildman–Crippen MR) is 107 cm³/mol. The van der Waals surface area contributed by atoms with Gasteiger partial charge in [0.25, 0.3) is 5.69 Å². The van der Waals surface area contributed by atoms with Gasteiger partial charge in [0, 0.05) is 31.0 Å². The fourth-order valence-corrected chi connectivity index (χ4v) is 3.76. The number of esters is 1. The molecule has 0 fully saturated rings. The van der Waals surface area contributed by atoms with Gasteiger partial charge in [-0.05, 0) is 6.07 Å². The van der Waals surface area contributed by atoms with Crippen molar-refractivity contribution in [1.82, 2.24) is 0 Å². The van der Waals surface area contributed by atoms with E-state index in [0.29, 0.717) is 12.0 Å². The highest BCUT2D eigenvalue weighted by molar-refractivity contribution is 7.09. The number of thiazole rings is 1. The Morgan fingerprint density at radius 2 is 1.80 bits per heavy atom. The average Bonchev–Trinajstić information content (AvgIpc) is 3.08. The molecule has 0 atom stereocenters. The van der Waals surface area contributed by atoms with E-state index in [2.05, 4.69) is 0 Å². The molecular formula is C21H19BrN2O5S. The number of aromatic nitrogens is 1. The maximum Gasteiger partial charge on any atom is 0.338 e. The second-order valence-electron chi connectivity index (χ2n) is 6.34. The fourth-order valence-electron chi connectivity index (χ4n) is 2.78. The highest BCUT2D eigenvalue weighted by Crippen LogP contribution is 2.15. The number of hydrogen-bond donors (Lipinski definition) is 0. The van der Waals surface area contributed by atoms with Crippen molar-refractivity contribution in [1.29, 1.82) is 0 Å². The summed E-state index contributed by atoms with van der Waals surface area (Å²) < 4.78 is 7.14. The summed E-state index contributed by atoms with van der Waals surface area (Å²) in [6, 6.07) is 14.6. The molecule has 0 N–H and O–H groups in total. The van der Waals surface area contributed by atoms with E-state index in [4.69, 9.17) is 4.74 Å². The lowest BCUT2D eigenvalue weighted by molar-refractivity contribution is -0.684. The molecule has 0 bridgehead atoms. The zero-order chi connectivity index (χ0) is 20.8. The summed E-state index contributed by atoms with van der Waals surface area (Å²) in [5.74, 6) is -0.574. The minimum absolute atomic E-state index is 0. The molecule has 7 nitrogen and oxygen atoms in total. The van der Waals surface area contributed by atoms with E-state index in [1.165, 1.54) is 35.6 Å². The summed E-state index contributed by atoms with van der Waals surface area (Å²) in [5.41, 5.74) is 3.49. The summed E-state index contributed by atoms with van der Waals surface area (Å²) >= 11 is 1.50. The molecule has 0 aliphatic carbocycles. The first-order chi connectivity index (χ1) is 14.0. The molecule has 0 saturated heterocycles. The van der Waals surface area contributed by atoms with Gasteiger partial charge >= 0.3 is 5.97 Å². The smallest absolute Gasteiger partial charge is 0.338 e. The van der Waals surface area contributed by atoms with E-state index in [9.17, 15) is 19.7 Å². The number of ether oxygens (including phenoxy) is 1. The number of rotatable bonds is 8. The highest BCUT2D eigenvalue weighted by atomic mass is 79.9. The fraction of sp³-hybridized carbons (Fsp3) is 0.190. The Morgan fingerprint density at radius 1 is 1.10 bits per heavy atom. The minimum Gasteiger partial charge on any atom is -1.00 e. The molecule has 1 aromatic heterocycles. The van der Waals surface area contributed by atoms with Gasteiger partial charge in [-0.15, -0.1) is 0 Å². The van der Waals surface area contributed by atoms with E-state index in [1.807, 2.05) is 35.2 Å². The van der Waals surface area contributed by atoms with Crippen LogP contribution < -0.4 is 21.5 Å². The van der Waals surface area contributed by atoms with E-state index in [0.717, 1.165) is 10.6 Å². The molecule has 3 rings (SSSR count). The molecule has 0 unspecified atom stereocenters. The summed E-state index contributed by atoms with van der Waals surface area (Å²) in [6.45, 7) is 2.32. The number of ketones is 1. The molecule has 0 amide bonds. The van der Waals surface area contributed by atoms with Crippen molar-refractivity contribution in [2.75, 3.05) is 6.61 Å². The van der Waals surface area contributed by atoms with E-state index < -0.39 is 10.9 Å². The first-order valence-electron chi connectivity index (χ1n) is 8.92. The van der Waals surface area contributed by atoms with Gasteiger partial charge in [-0.1, -0.05) is 47.7 Å². The molecule has 0 saturated carbocycles. The molecule has 3 aromatic rings. The topological polar surface area (TPSA) is 90.4 Å². The lowest BCUT2D eigenvalue weighted by atomic mass is 10.1. The molecule has 2 aromatic carbocycles. The summed E-state index contributed by atoms with van der Waals surface area (Å²) in [7, 11) is 0. The zero-order valence-electron chi connectivity index (χ0n) is 16.1. The van der Waals surface area contributed by atoms with Crippen LogP contribution in [0.15, 0.2) is 60.1 Å². The van der Waals surface area contributed by atoms with Crippen LogP contribution in [-0.4, -0.2) is 23.3 Å². The normalized spacial score (nSPS) is 10.2. The summed E-state index contributed by atoms with van der Waals surface area (Å²) in [4.78, 5) is 35.8. The van der Waals surface area contributed by atoms with Gasteiger partial charge in [-0.25, -0.2) is 4.79 Å². The molecule has 0 aliphatic rings. The van der Waals surface area contributed by atoms with Crippen molar-refractivity contribution in [2.24, 2.45) is 0 Å². The van der Waals surface area contributed by atoms with Crippen LogP contribution in [0, 0.1) is 17.0 Å². The largest absolute Gasteiger partial charge is 1.00 e. The Hall–Kier alpha value is -2.91. The van der Waals surface area contributed by atoms with Crippen LogP contribution in [0.3, 0.4) is 0 Å². The summed E-state index contributed by atoms with van der Waals surface area (Å²) in [6.07, 6.45) is 0.504. The van der Waals surface area contributed by atoms with Gasteiger partial charge in [0.1, 0.15) is 0 Å². The molecule has 0 radical (unpaired) electrons. The molecule has 0 aliphatic heterocycles. The lowest BCUT2D eigenvalue weighted by Crippen LogP contribution is -3.00. The number of non-ortho nitro benzene ring substituents is 1. The number of nitrogens with zero attached hydrogens (tertiary/aromatic N) is 2. The van der Waals surface area contributed by atoms with E-state index in [-0.39, 0.29) is 47.2 Å². The molecule has 30 heavy (non-hydrogen) atoms.